The lowest BCUT2D eigenvalue weighted by Gasteiger charge is -2.15. The second-order valence-electron chi connectivity index (χ2n) is 6.19. The molecule has 0 fully saturated rings. The van der Waals surface area contributed by atoms with Gasteiger partial charge in [-0.1, -0.05) is 20.8 Å². The first-order valence-corrected chi connectivity index (χ1v) is 8.73. The lowest BCUT2D eigenvalue weighted by Crippen LogP contribution is -2.44. The third-order valence-electron chi connectivity index (χ3n) is 3.71. The highest BCUT2D eigenvalue weighted by atomic mass is 32.1. The van der Waals surface area contributed by atoms with Crippen LogP contribution in [-0.4, -0.2) is 21.1 Å². The molecule has 2 rings (SSSR count). The number of fused-ring (bicyclic) bond motifs is 1. The van der Waals surface area contributed by atoms with Gasteiger partial charge < -0.3 is 5.32 Å². The fraction of sp³-hybridized carbons (Fsp3) is 0.562. The molecular weight excluding hydrogens is 314 g/mol. The predicted molar refractivity (Wildman–Crippen MR) is 93.1 cm³/mol. The first-order chi connectivity index (χ1) is 10.8. The zero-order chi connectivity index (χ0) is 17.1. The summed E-state index contributed by atoms with van der Waals surface area (Å²) in [4.78, 5) is 37.3. The Morgan fingerprint density at radius 2 is 1.96 bits per heavy atom. The maximum atomic E-state index is 12.7. The average Bonchev–Trinajstić information content (AvgIpc) is 2.97. The number of amides is 1. The summed E-state index contributed by atoms with van der Waals surface area (Å²) in [6, 6.07) is 1.77. The predicted octanol–water partition coefficient (Wildman–Crippen LogP) is 1.80. The number of aromatic nitrogens is 2. The molecule has 2 aromatic rings. The minimum atomic E-state index is -0.422. The molecule has 0 aliphatic carbocycles. The van der Waals surface area contributed by atoms with Crippen LogP contribution < -0.4 is 16.6 Å². The van der Waals surface area contributed by atoms with Crippen LogP contribution in [0.3, 0.4) is 0 Å². The fourth-order valence-electron chi connectivity index (χ4n) is 2.38. The quantitative estimate of drug-likeness (QED) is 0.873. The van der Waals surface area contributed by atoms with E-state index in [0.29, 0.717) is 16.8 Å². The Balaban J connectivity index is 2.50. The molecule has 23 heavy (non-hydrogen) atoms. The number of thiophene rings is 1. The van der Waals surface area contributed by atoms with Crippen molar-refractivity contribution in [3.8, 4) is 0 Å². The van der Waals surface area contributed by atoms with Crippen LogP contribution in [0, 0.1) is 5.92 Å². The Labute approximate surface area is 138 Å². The molecule has 0 bridgehead atoms. The van der Waals surface area contributed by atoms with Gasteiger partial charge in [-0.15, -0.1) is 11.3 Å². The van der Waals surface area contributed by atoms with Crippen molar-refractivity contribution in [3.05, 3.63) is 32.3 Å². The van der Waals surface area contributed by atoms with E-state index in [1.54, 1.807) is 11.4 Å². The smallest absolute Gasteiger partial charge is 0.332 e. The monoisotopic (exact) mass is 337 g/mol. The molecule has 126 valence electrons. The van der Waals surface area contributed by atoms with Gasteiger partial charge in [0, 0.05) is 12.6 Å². The van der Waals surface area contributed by atoms with E-state index < -0.39 is 5.69 Å². The van der Waals surface area contributed by atoms with E-state index >= 15 is 0 Å². The van der Waals surface area contributed by atoms with E-state index in [0.717, 1.165) is 6.42 Å². The number of nitrogens with one attached hydrogen (secondary N) is 1. The first-order valence-electron chi connectivity index (χ1n) is 7.85. The molecule has 0 unspecified atom stereocenters. The molecule has 1 N–H and O–H groups in total. The van der Waals surface area contributed by atoms with E-state index in [-0.39, 0.29) is 30.0 Å². The Kier molecular flexibility index (Phi) is 5.41. The minimum Gasteiger partial charge on any atom is -0.352 e. The van der Waals surface area contributed by atoms with Gasteiger partial charge in [0.25, 0.3) is 5.56 Å². The highest BCUT2D eigenvalue weighted by molar-refractivity contribution is 7.17. The molecule has 0 aliphatic rings. The Morgan fingerprint density at radius 1 is 1.26 bits per heavy atom. The molecular formula is C16H23N3O3S. The molecule has 0 aliphatic heterocycles. The van der Waals surface area contributed by atoms with Gasteiger partial charge in [-0.3, -0.25) is 18.7 Å². The van der Waals surface area contributed by atoms with Gasteiger partial charge in [0.1, 0.15) is 11.2 Å². The lowest BCUT2D eigenvalue weighted by atomic mass is 10.2. The second kappa shape index (κ2) is 7.12. The van der Waals surface area contributed by atoms with E-state index in [4.69, 9.17) is 0 Å². The summed E-state index contributed by atoms with van der Waals surface area (Å²) < 4.78 is 3.15. The number of hydrogen-bond donors (Lipinski definition) is 1. The van der Waals surface area contributed by atoms with Gasteiger partial charge >= 0.3 is 5.69 Å². The SMILES string of the molecule is CC[C@@H](C)NC(=O)Cn1c(=O)n(CC(C)C)c(=O)c2sccc21. The highest BCUT2D eigenvalue weighted by Crippen LogP contribution is 2.15. The summed E-state index contributed by atoms with van der Waals surface area (Å²) >= 11 is 1.30. The van der Waals surface area contributed by atoms with Crippen molar-refractivity contribution in [1.29, 1.82) is 0 Å². The second-order valence-corrected chi connectivity index (χ2v) is 7.11. The van der Waals surface area contributed by atoms with Crippen molar-refractivity contribution < 1.29 is 4.79 Å². The fourth-order valence-corrected chi connectivity index (χ4v) is 3.22. The molecule has 1 atom stereocenters. The summed E-state index contributed by atoms with van der Waals surface area (Å²) in [7, 11) is 0. The topological polar surface area (TPSA) is 73.1 Å². The maximum Gasteiger partial charge on any atom is 0.332 e. The molecule has 7 heteroatoms. The van der Waals surface area contributed by atoms with Gasteiger partial charge in [-0.25, -0.2) is 4.79 Å². The largest absolute Gasteiger partial charge is 0.352 e. The van der Waals surface area contributed by atoms with Crippen LogP contribution in [0.25, 0.3) is 10.2 Å². The van der Waals surface area contributed by atoms with Crippen LogP contribution >= 0.6 is 11.3 Å². The summed E-state index contributed by atoms with van der Waals surface area (Å²) in [5, 5.41) is 4.63. The van der Waals surface area contributed by atoms with Crippen LogP contribution in [0.2, 0.25) is 0 Å². The summed E-state index contributed by atoms with van der Waals surface area (Å²) in [5.74, 6) is -0.0519. The lowest BCUT2D eigenvalue weighted by molar-refractivity contribution is -0.122. The summed E-state index contributed by atoms with van der Waals surface area (Å²) in [5.41, 5.74) is -0.162. The molecule has 1 amide bonds. The standard InChI is InChI=1S/C16H23N3O3S/c1-5-11(4)17-13(20)9-18-12-6-7-23-14(12)15(21)19(16(18)22)8-10(2)3/h6-7,10-11H,5,8-9H2,1-4H3,(H,17,20)/t11-/m1/s1. The average molecular weight is 337 g/mol. The Bertz CT molecular complexity index is 816. The van der Waals surface area contributed by atoms with Crippen LogP contribution in [-0.2, 0) is 17.9 Å². The zero-order valence-electron chi connectivity index (χ0n) is 14.0. The first kappa shape index (κ1) is 17.5. The normalized spacial score (nSPS) is 12.7. The zero-order valence-corrected chi connectivity index (χ0v) is 14.8. The third kappa shape index (κ3) is 3.72. The number of rotatable bonds is 6. The molecule has 0 saturated carbocycles. The van der Waals surface area contributed by atoms with Crippen LogP contribution in [0.4, 0.5) is 0 Å². The van der Waals surface area contributed by atoms with E-state index in [9.17, 15) is 14.4 Å². The number of carbonyl (C=O) groups is 1. The van der Waals surface area contributed by atoms with Crippen molar-refractivity contribution in [1.82, 2.24) is 14.5 Å². The van der Waals surface area contributed by atoms with E-state index in [1.807, 2.05) is 27.7 Å². The highest BCUT2D eigenvalue weighted by Gasteiger charge is 2.17. The Morgan fingerprint density at radius 3 is 2.57 bits per heavy atom. The van der Waals surface area contributed by atoms with E-state index in [2.05, 4.69) is 5.32 Å². The third-order valence-corrected chi connectivity index (χ3v) is 4.60. The van der Waals surface area contributed by atoms with Gasteiger partial charge in [0.05, 0.1) is 5.52 Å². The summed E-state index contributed by atoms with van der Waals surface area (Å²) in [6.45, 7) is 8.07. The molecule has 2 heterocycles. The number of hydrogen-bond acceptors (Lipinski definition) is 4. The summed E-state index contributed by atoms with van der Waals surface area (Å²) in [6.07, 6.45) is 0.821. The minimum absolute atomic E-state index is 0.0535. The molecule has 0 aromatic carbocycles. The van der Waals surface area contributed by atoms with Crippen molar-refractivity contribution in [3.63, 3.8) is 0 Å². The van der Waals surface area contributed by atoms with Crippen LogP contribution in [0.5, 0.6) is 0 Å². The number of carbonyl (C=O) groups excluding carboxylic acids is 1. The van der Waals surface area contributed by atoms with Gasteiger partial charge in [-0.2, -0.15) is 0 Å². The van der Waals surface area contributed by atoms with Crippen molar-refractivity contribution in [2.24, 2.45) is 5.92 Å². The van der Waals surface area contributed by atoms with Crippen molar-refractivity contribution in [2.45, 2.75) is 53.2 Å². The van der Waals surface area contributed by atoms with E-state index in [1.165, 1.54) is 20.5 Å². The number of nitrogens with zero attached hydrogens (tertiary/aromatic N) is 2. The maximum absolute atomic E-state index is 12.7. The molecule has 0 spiro atoms. The van der Waals surface area contributed by atoms with Crippen LogP contribution in [0.15, 0.2) is 21.0 Å². The molecule has 0 radical (unpaired) electrons. The Hall–Kier alpha value is -1.89. The van der Waals surface area contributed by atoms with Gasteiger partial charge in [0.2, 0.25) is 5.91 Å². The van der Waals surface area contributed by atoms with Gasteiger partial charge in [-0.05, 0) is 30.7 Å². The molecule has 2 aromatic heterocycles. The molecule has 6 nitrogen and oxygen atoms in total. The van der Waals surface area contributed by atoms with Crippen LogP contribution in [0.1, 0.15) is 34.1 Å². The van der Waals surface area contributed by atoms with Gasteiger partial charge in [0.15, 0.2) is 0 Å². The molecule has 0 saturated heterocycles. The van der Waals surface area contributed by atoms with Crippen molar-refractivity contribution in [2.75, 3.05) is 0 Å². The van der Waals surface area contributed by atoms with Crippen molar-refractivity contribution >= 4 is 27.5 Å².